The van der Waals surface area contributed by atoms with E-state index in [9.17, 15) is 4.79 Å². The molecule has 1 aliphatic rings. The van der Waals surface area contributed by atoms with Gasteiger partial charge in [-0.3, -0.25) is 4.79 Å². The van der Waals surface area contributed by atoms with Crippen molar-refractivity contribution in [2.75, 3.05) is 37.7 Å². The number of hydrogen-bond acceptors (Lipinski definition) is 6. The summed E-state index contributed by atoms with van der Waals surface area (Å²) in [5.41, 5.74) is 0. The van der Waals surface area contributed by atoms with Crippen molar-refractivity contribution in [1.29, 1.82) is 0 Å². The Hall–Kier alpha value is -2.38. The third kappa shape index (κ3) is 4.31. The quantitative estimate of drug-likeness (QED) is 0.613. The Labute approximate surface area is 179 Å². The minimum Gasteiger partial charge on any atom is -0.482 e. The SMILES string of the molecule is CCc1cc2c(N3CCN(C(=O)COc4ccccc4Cl)CC3)nc(C)nc2s1. The molecule has 1 fully saturated rings. The first-order valence-corrected chi connectivity index (χ1v) is 10.9. The fourth-order valence-corrected chi connectivity index (χ4v) is 4.63. The van der Waals surface area contributed by atoms with Gasteiger partial charge in [0.1, 0.15) is 22.2 Å². The van der Waals surface area contributed by atoms with Gasteiger partial charge in [0.25, 0.3) is 5.91 Å². The van der Waals surface area contributed by atoms with Gasteiger partial charge >= 0.3 is 0 Å². The standard InChI is InChI=1S/C21H23ClN4O2S/c1-3-15-12-16-20(23-14(2)24-21(16)29-15)26-10-8-25(9-11-26)19(27)13-28-18-7-5-4-6-17(18)22/h4-7,12H,3,8-11,13H2,1-2H3. The van der Waals surface area contributed by atoms with E-state index in [0.29, 0.717) is 23.9 Å². The van der Waals surface area contributed by atoms with Crippen LogP contribution in [0.4, 0.5) is 5.82 Å². The number of benzene rings is 1. The fraction of sp³-hybridized carbons (Fsp3) is 0.381. The van der Waals surface area contributed by atoms with Crippen LogP contribution in [0.3, 0.4) is 0 Å². The number of amides is 1. The van der Waals surface area contributed by atoms with Gasteiger partial charge in [-0.2, -0.15) is 0 Å². The van der Waals surface area contributed by atoms with Crippen LogP contribution < -0.4 is 9.64 Å². The molecule has 152 valence electrons. The summed E-state index contributed by atoms with van der Waals surface area (Å²) >= 11 is 7.82. The van der Waals surface area contributed by atoms with E-state index in [1.807, 2.05) is 24.0 Å². The van der Waals surface area contributed by atoms with E-state index in [0.717, 1.165) is 41.4 Å². The molecule has 0 saturated carbocycles. The summed E-state index contributed by atoms with van der Waals surface area (Å²) in [7, 11) is 0. The number of rotatable bonds is 5. The van der Waals surface area contributed by atoms with Crippen LogP contribution in [0.2, 0.25) is 5.02 Å². The second-order valence-corrected chi connectivity index (χ2v) is 8.49. The lowest BCUT2D eigenvalue weighted by atomic mass is 10.2. The molecule has 2 aromatic heterocycles. The predicted molar refractivity (Wildman–Crippen MR) is 117 cm³/mol. The topological polar surface area (TPSA) is 58.6 Å². The van der Waals surface area contributed by atoms with Gasteiger partial charge in [0.05, 0.1) is 10.4 Å². The highest BCUT2D eigenvalue weighted by Crippen LogP contribution is 2.32. The Balaban J connectivity index is 1.40. The van der Waals surface area contributed by atoms with E-state index >= 15 is 0 Å². The van der Waals surface area contributed by atoms with Crippen LogP contribution in [0.5, 0.6) is 5.75 Å². The van der Waals surface area contributed by atoms with Gasteiger partial charge in [-0.25, -0.2) is 9.97 Å². The van der Waals surface area contributed by atoms with Crippen LogP contribution in [0.15, 0.2) is 30.3 Å². The highest BCUT2D eigenvalue weighted by molar-refractivity contribution is 7.18. The Kier molecular flexibility index (Phi) is 5.87. The highest BCUT2D eigenvalue weighted by Gasteiger charge is 2.24. The second kappa shape index (κ2) is 8.55. The van der Waals surface area contributed by atoms with E-state index in [2.05, 4.69) is 22.9 Å². The molecule has 3 aromatic rings. The van der Waals surface area contributed by atoms with Crippen molar-refractivity contribution in [3.8, 4) is 5.75 Å². The van der Waals surface area contributed by atoms with Crippen LogP contribution in [0.25, 0.3) is 10.2 Å². The number of fused-ring (bicyclic) bond motifs is 1. The summed E-state index contributed by atoms with van der Waals surface area (Å²) < 4.78 is 5.60. The number of halogens is 1. The molecule has 1 amide bonds. The average Bonchev–Trinajstić information content (AvgIpc) is 3.15. The zero-order valence-electron chi connectivity index (χ0n) is 16.5. The Morgan fingerprint density at radius 1 is 1.21 bits per heavy atom. The van der Waals surface area contributed by atoms with Crippen LogP contribution in [-0.2, 0) is 11.2 Å². The fourth-order valence-electron chi connectivity index (χ4n) is 3.44. The summed E-state index contributed by atoms with van der Waals surface area (Å²) in [6.45, 7) is 6.83. The maximum absolute atomic E-state index is 12.5. The molecule has 0 spiro atoms. The zero-order chi connectivity index (χ0) is 20.4. The molecule has 4 rings (SSSR count). The monoisotopic (exact) mass is 430 g/mol. The van der Waals surface area contributed by atoms with Gasteiger partial charge in [0, 0.05) is 31.1 Å². The largest absolute Gasteiger partial charge is 0.482 e. The minimum absolute atomic E-state index is 0.00894. The second-order valence-electron chi connectivity index (χ2n) is 6.97. The zero-order valence-corrected chi connectivity index (χ0v) is 18.1. The van der Waals surface area contributed by atoms with E-state index in [4.69, 9.17) is 21.3 Å². The summed E-state index contributed by atoms with van der Waals surface area (Å²) in [6, 6.07) is 9.38. The van der Waals surface area contributed by atoms with E-state index in [1.165, 1.54) is 4.88 Å². The van der Waals surface area contributed by atoms with E-state index in [1.54, 1.807) is 23.5 Å². The van der Waals surface area contributed by atoms with Crippen LogP contribution in [0.1, 0.15) is 17.6 Å². The molecule has 0 N–H and O–H groups in total. The van der Waals surface area contributed by atoms with E-state index in [-0.39, 0.29) is 12.5 Å². The van der Waals surface area contributed by atoms with Crippen molar-refractivity contribution in [2.45, 2.75) is 20.3 Å². The lowest BCUT2D eigenvalue weighted by Gasteiger charge is -2.35. The average molecular weight is 431 g/mol. The Bertz CT molecular complexity index is 1030. The first-order valence-electron chi connectivity index (χ1n) is 9.72. The number of aromatic nitrogens is 2. The molecule has 0 unspecified atom stereocenters. The lowest BCUT2D eigenvalue weighted by Crippen LogP contribution is -2.50. The van der Waals surface area contributed by atoms with Crippen LogP contribution >= 0.6 is 22.9 Å². The number of anilines is 1. The van der Waals surface area contributed by atoms with Gasteiger partial charge in [0.2, 0.25) is 0 Å². The number of hydrogen-bond donors (Lipinski definition) is 0. The Morgan fingerprint density at radius 2 is 1.97 bits per heavy atom. The van der Waals surface area contributed by atoms with Crippen molar-refractivity contribution in [3.63, 3.8) is 0 Å². The highest BCUT2D eigenvalue weighted by atomic mass is 35.5. The first kappa shape index (κ1) is 19.9. The summed E-state index contributed by atoms with van der Waals surface area (Å²) in [5, 5.41) is 1.62. The minimum atomic E-state index is -0.0302. The summed E-state index contributed by atoms with van der Waals surface area (Å²) in [6.07, 6.45) is 0.993. The number of ether oxygens (including phenoxy) is 1. The molecule has 0 bridgehead atoms. The molecular formula is C21H23ClN4O2S. The summed E-state index contributed by atoms with van der Waals surface area (Å²) in [5.74, 6) is 2.26. The van der Waals surface area contributed by atoms with Gasteiger partial charge < -0.3 is 14.5 Å². The third-order valence-electron chi connectivity index (χ3n) is 5.00. The molecule has 0 aliphatic carbocycles. The van der Waals surface area contributed by atoms with Crippen molar-refractivity contribution in [3.05, 3.63) is 46.1 Å². The van der Waals surface area contributed by atoms with Crippen molar-refractivity contribution < 1.29 is 9.53 Å². The maximum atomic E-state index is 12.5. The molecule has 1 saturated heterocycles. The molecule has 0 atom stereocenters. The Morgan fingerprint density at radius 3 is 2.69 bits per heavy atom. The number of para-hydroxylation sites is 1. The van der Waals surface area contributed by atoms with Gasteiger partial charge in [0.15, 0.2) is 6.61 Å². The number of thiophene rings is 1. The van der Waals surface area contributed by atoms with Gasteiger partial charge in [-0.05, 0) is 31.5 Å². The molecule has 1 aliphatic heterocycles. The van der Waals surface area contributed by atoms with Gasteiger partial charge in [-0.15, -0.1) is 11.3 Å². The lowest BCUT2D eigenvalue weighted by molar-refractivity contribution is -0.133. The molecule has 1 aromatic carbocycles. The molecule has 3 heterocycles. The summed E-state index contributed by atoms with van der Waals surface area (Å²) in [4.78, 5) is 28.3. The third-order valence-corrected chi connectivity index (χ3v) is 6.49. The maximum Gasteiger partial charge on any atom is 0.260 e. The van der Waals surface area contributed by atoms with Crippen LogP contribution in [0, 0.1) is 6.92 Å². The van der Waals surface area contributed by atoms with Crippen molar-refractivity contribution in [2.24, 2.45) is 0 Å². The smallest absolute Gasteiger partial charge is 0.260 e. The van der Waals surface area contributed by atoms with Crippen molar-refractivity contribution >= 4 is 44.9 Å². The molecular weight excluding hydrogens is 408 g/mol. The first-order chi connectivity index (χ1) is 14.0. The molecule has 8 heteroatoms. The van der Waals surface area contributed by atoms with Crippen molar-refractivity contribution in [1.82, 2.24) is 14.9 Å². The van der Waals surface area contributed by atoms with E-state index < -0.39 is 0 Å². The number of carbonyl (C=O) groups excluding carboxylic acids is 1. The number of nitrogens with zero attached hydrogens (tertiary/aromatic N) is 4. The molecule has 6 nitrogen and oxygen atoms in total. The molecule has 29 heavy (non-hydrogen) atoms. The predicted octanol–water partition coefficient (Wildman–Crippen LogP) is 3.94. The number of aryl methyl sites for hydroxylation is 2. The number of piperazine rings is 1. The van der Waals surface area contributed by atoms with Gasteiger partial charge in [-0.1, -0.05) is 30.7 Å². The molecule has 0 radical (unpaired) electrons. The number of carbonyl (C=O) groups is 1. The normalized spacial score (nSPS) is 14.4. The van der Waals surface area contributed by atoms with Crippen LogP contribution in [-0.4, -0.2) is 53.6 Å².